The van der Waals surface area contributed by atoms with Crippen molar-refractivity contribution in [1.82, 2.24) is 5.32 Å². The number of aliphatic hydroxyl groups excluding tert-OH is 1. The van der Waals surface area contributed by atoms with Crippen molar-refractivity contribution in [2.75, 3.05) is 19.8 Å². The van der Waals surface area contributed by atoms with E-state index in [2.05, 4.69) is 12.2 Å². The van der Waals surface area contributed by atoms with Crippen LogP contribution in [0.1, 0.15) is 66.2 Å². The monoisotopic (exact) mass is 315 g/mol. The molecule has 1 heterocycles. The predicted molar refractivity (Wildman–Crippen MR) is 86.9 cm³/mol. The van der Waals surface area contributed by atoms with Crippen LogP contribution in [-0.2, 0) is 9.47 Å². The summed E-state index contributed by atoms with van der Waals surface area (Å²) in [5, 5.41) is 12.6. The highest BCUT2D eigenvalue weighted by Gasteiger charge is 2.29. The zero-order valence-electron chi connectivity index (χ0n) is 14.6. The normalized spacial score (nSPS) is 21.4. The fourth-order valence-corrected chi connectivity index (χ4v) is 2.79. The van der Waals surface area contributed by atoms with Gasteiger partial charge in [-0.3, -0.25) is 0 Å². The van der Waals surface area contributed by atoms with E-state index in [0.717, 1.165) is 45.1 Å². The molecule has 0 saturated carbocycles. The third kappa shape index (κ3) is 6.97. The van der Waals surface area contributed by atoms with Gasteiger partial charge in [-0.2, -0.15) is 0 Å². The minimum atomic E-state index is -0.502. The lowest BCUT2D eigenvalue weighted by Gasteiger charge is -2.32. The molecule has 2 unspecified atom stereocenters. The molecule has 130 valence electrons. The van der Waals surface area contributed by atoms with Gasteiger partial charge in [0.25, 0.3) is 0 Å². The van der Waals surface area contributed by atoms with E-state index in [1.165, 1.54) is 0 Å². The molecule has 0 bridgehead atoms. The van der Waals surface area contributed by atoms with Crippen molar-refractivity contribution in [2.45, 2.75) is 77.9 Å². The van der Waals surface area contributed by atoms with Crippen molar-refractivity contribution in [2.24, 2.45) is 5.41 Å². The highest BCUT2D eigenvalue weighted by molar-refractivity contribution is 5.67. The van der Waals surface area contributed by atoms with Crippen LogP contribution in [-0.4, -0.2) is 42.7 Å². The van der Waals surface area contributed by atoms with E-state index in [4.69, 9.17) is 9.47 Å². The molecule has 2 N–H and O–H groups in total. The third-order valence-corrected chi connectivity index (χ3v) is 4.35. The van der Waals surface area contributed by atoms with Crippen LogP contribution in [0.5, 0.6) is 0 Å². The van der Waals surface area contributed by atoms with Gasteiger partial charge >= 0.3 is 6.09 Å². The van der Waals surface area contributed by atoms with E-state index in [-0.39, 0.29) is 12.0 Å². The first-order valence-electron chi connectivity index (χ1n) is 8.49. The molecule has 0 spiro atoms. The van der Waals surface area contributed by atoms with Crippen LogP contribution < -0.4 is 5.32 Å². The molecule has 1 amide bonds. The summed E-state index contributed by atoms with van der Waals surface area (Å²) in [4.78, 5) is 11.8. The first-order valence-corrected chi connectivity index (χ1v) is 8.49. The van der Waals surface area contributed by atoms with Gasteiger partial charge in [0, 0.05) is 18.6 Å². The van der Waals surface area contributed by atoms with E-state index in [1.807, 2.05) is 20.8 Å². The number of hydrogen-bond donors (Lipinski definition) is 2. The summed E-state index contributed by atoms with van der Waals surface area (Å²) >= 11 is 0. The molecular formula is C17H33NO4. The second-order valence-electron chi connectivity index (χ2n) is 7.39. The van der Waals surface area contributed by atoms with Crippen molar-refractivity contribution in [3.05, 3.63) is 0 Å². The fraction of sp³-hybridized carbons (Fsp3) is 0.941. The quantitative estimate of drug-likeness (QED) is 0.721. The summed E-state index contributed by atoms with van der Waals surface area (Å²) in [6.07, 6.45) is 6.02. The lowest BCUT2D eigenvalue weighted by Crippen LogP contribution is -2.42. The van der Waals surface area contributed by atoms with Crippen LogP contribution in [0, 0.1) is 5.41 Å². The Labute approximate surface area is 134 Å². The summed E-state index contributed by atoms with van der Waals surface area (Å²) in [6, 6.07) is 0. The highest BCUT2D eigenvalue weighted by Crippen LogP contribution is 2.29. The van der Waals surface area contributed by atoms with Crippen molar-refractivity contribution in [3.8, 4) is 0 Å². The molecule has 5 heteroatoms. The first kappa shape index (κ1) is 19.2. The molecule has 1 saturated heterocycles. The Morgan fingerprint density at radius 1 is 1.41 bits per heavy atom. The first-order chi connectivity index (χ1) is 10.3. The minimum absolute atomic E-state index is 0.0742. The van der Waals surface area contributed by atoms with Gasteiger partial charge in [-0.05, 0) is 52.9 Å². The molecule has 1 rings (SSSR count). The van der Waals surface area contributed by atoms with Crippen molar-refractivity contribution >= 4 is 6.09 Å². The van der Waals surface area contributed by atoms with Crippen LogP contribution in [0.4, 0.5) is 4.79 Å². The molecule has 1 aliphatic heterocycles. The zero-order chi connectivity index (χ0) is 16.6. The van der Waals surface area contributed by atoms with Crippen LogP contribution in [0.3, 0.4) is 0 Å². The van der Waals surface area contributed by atoms with Gasteiger partial charge in [0.1, 0.15) is 5.60 Å². The predicted octanol–water partition coefficient (Wildman–Crippen LogP) is 3.25. The highest BCUT2D eigenvalue weighted by atomic mass is 16.6. The standard InChI is InChI=1S/C17H33NO4/c1-5-17(13-19,10-6-8-14-9-7-11-21-14)12-18-15(20)22-16(2,3)4/h14,19H,5-13H2,1-4H3,(H,18,20). The molecular weight excluding hydrogens is 282 g/mol. The van der Waals surface area contributed by atoms with E-state index < -0.39 is 11.7 Å². The number of nitrogens with one attached hydrogen (secondary N) is 1. The van der Waals surface area contributed by atoms with Gasteiger partial charge in [0.05, 0.1) is 12.7 Å². The molecule has 22 heavy (non-hydrogen) atoms. The number of ether oxygens (including phenoxy) is 2. The maximum atomic E-state index is 11.8. The number of alkyl carbamates (subject to hydrolysis) is 1. The van der Waals surface area contributed by atoms with Crippen LogP contribution in [0.2, 0.25) is 0 Å². The summed E-state index contributed by atoms with van der Waals surface area (Å²) in [7, 11) is 0. The summed E-state index contributed by atoms with van der Waals surface area (Å²) < 4.78 is 10.9. The topological polar surface area (TPSA) is 67.8 Å². The Balaban J connectivity index is 2.38. The Morgan fingerprint density at radius 3 is 2.64 bits per heavy atom. The van der Waals surface area contributed by atoms with Crippen LogP contribution in [0.25, 0.3) is 0 Å². The largest absolute Gasteiger partial charge is 0.444 e. The van der Waals surface area contributed by atoms with E-state index in [1.54, 1.807) is 0 Å². The van der Waals surface area contributed by atoms with E-state index in [9.17, 15) is 9.90 Å². The van der Waals surface area contributed by atoms with Gasteiger partial charge < -0.3 is 19.9 Å². The van der Waals surface area contributed by atoms with Crippen molar-refractivity contribution < 1.29 is 19.4 Å². The second-order valence-corrected chi connectivity index (χ2v) is 7.39. The molecule has 0 aromatic heterocycles. The maximum Gasteiger partial charge on any atom is 0.407 e. The lowest BCUT2D eigenvalue weighted by atomic mass is 9.80. The average molecular weight is 315 g/mol. The molecule has 5 nitrogen and oxygen atoms in total. The minimum Gasteiger partial charge on any atom is -0.444 e. The van der Waals surface area contributed by atoms with Gasteiger partial charge in [-0.1, -0.05) is 13.3 Å². The lowest BCUT2D eigenvalue weighted by molar-refractivity contribution is 0.0436. The SMILES string of the molecule is CCC(CO)(CCCC1CCCO1)CNC(=O)OC(C)(C)C. The molecule has 0 aliphatic carbocycles. The number of carbonyl (C=O) groups excluding carboxylic acids is 1. The molecule has 0 aromatic carbocycles. The van der Waals surface area contributed by atoms with Crippen LogP contribution >= 0.6 is 0 Å². The molecule has 2 atom stereocenters. The van der Waals surface area contributed by atoms with Gasteiger partial charge in [0.2, 0.25) is 0 Å². The van der Waals surface area contributed by atoms with Crippen molar-refractivity contribution in [1.29, 1.82) is 0 Å². The van der Waals surface area contributed by atoms with Crippen LogP contribution in [0.15, 0.2) is 0 Å². The number of aliphatic hydroxyl groups is 1. The summed E-state index contributed by atoms with van der Waals surface area (Å²) in [6.45, 7) is 8.97. The number of carbonyl (C=O) groups is 1. The fourth-order valence-electron chi connectivity index (χ4n) is 2.79. The Bertz CT molecular complexity index is 328. The van der Waals surface area contributed by atoms with E-state index in [0.29, 0.717) is 12.6 Å². The summed E-state index contributed by atoms with van der Waals surface area (Å²) in [5.74, 6) is 0. The molecule has 1 aliphatic rings. The number of hydrogen-bond acceptors (Lipinski definition) is 4. The third-order valence-electron chi connectivity index (χ3n) is 4.35. The van der Waals surface area contributed by atoms with Crippen molar-refractivity contribution in [3.63, 3.8) is 0 Å². The van der Waals surface area contributed by atoms with Gasteiger partial charge in [-0.25, -0.2) is 4.79 Å². The average Bonchev–Trinajstić information content (AvgIpc) is 2.94. The molecule has 0 aromatic rings. The van der Waals surface area contributed by atoms with E-state index >= 15 is 0 Å². The maximum absolute atomic E-state index is 11.8. The molecule has 0 radical (unpaired) electrons. The second kappa shape index (κ2) is 8.73. The Morgan fingerprint density at radius 2 is 2.14 bits per heavy atom. The van der Waals surface area contributed by atoms with Gasteiger partial charge in [-0.15, -0.1) is 0 Å². The number of amides is 1. The summed E-state index contributed by atoms with van der Waals surface area (Å²) in [5.41, 5.74) is -0.770. The number of rotatable bonds is 8. The smallest absolute Gasteiger partial charge is 0.407 e. The van der Waals surface area contributed by atoms with Gasteiger partial charge in [0.15, 0.2) is 0 Å². The molecule has 1 fully saturated rings. The zero-order valence-corrected chi connectivity index (χ0v) is 14.6. The Hall–Kier alpha value is -0.810. The Kier molecular flexibility index (Phi) is 7.63.